The van der Waals surface area contributed by atoms with E-state index < -0.39 is 0 Å². The lowest BCUT2D eigenvalue weighted by molar-refractivity contribution is -0.122. The second-order valence-corrected chi connectivity index (χ2v) is 7.17. The first-order chi connectivity index (χ1) is 11.3. The van der Waals surface area contributed by atoms with Gasteiger partial charge in [0.15, 0.2) is 0 Å². The van der Waals surface area contributed by atoms with E-state index in [1.165, 1.54) is 12.8 Å². The van der Waals surface area contributed by atoms with Crippen LogP contribution in [0.4, 0.5) is 0 Å². The fraction of sp³-hybridized carbons (Fsp3) is 0.632. The normalized spacial score (nSPS) is 31.6. The number of ether oxygens (including phenoxy) is 1. The summed E-state index contributed by atoms with van der Waals surface area (Å²) in [5.74, 6) is 3.24. The summed E-state index contributed by atoms with van der Waals surface area (Å²) in [6.07, 6.45) is 10.1. The number of hydrogen-bond donors (Lipinski definition) is 0. The van der Waals surface area contributed by atoms with Crippen molar-refractivity contribution in [3.05, 3.63) is 36.3 Å². The number of hydrogen-bond acceptors (Lipinski definition) is 4. The van der Waals surface area contributed by atoms with Crippen LogP contribution in [0.15, 0.2) is 35.0 Å². The van der Waals surface area contributed by atoms with E-state index in [9.17, 15) is 4.79 Å². The molecule has 2 aliphatic carbocycles. The van der Waals surface area contributed by atoms with Crippen molar-refractivity contribution in [2.24, 2.45) is 17.8 Å². The highest BCUT2D eigenvalue weighted by Gasteiger charge is 2.37. The SMILES string of the molecule is O=C(CC1CC2C=CC1C2)CC(c1ccco1)N1CCOCC1. The monoisotopic (exact) mass is 315 g/mol. The minimum Gasteiger partial charge on any atom is -0.468 e. The molecule has 124 valence electrons. The molecule has 4 unspecified atom stereocenters. The fourth-order valence-electron chi connectivity index (χ4n) is 4.50. The third kappa shape index (κ3) is 3.29. The molecule has 4 rings (SSSR count). The maximum absolute atomic E-state index is 12.7. The highest BCUT2D eigenvalue weighted by Crippen LogP contribution is 2.45. The minimum atomic E-state index is 0.0653. The van der Waals surface area contributed by atoms with Crippen LogP contribution in [0.5, 0.6) is 0 Å². The molecule has 4 nitrogen and oxygen atoms in total. The molecular formula is C19H25NO3. The summed E-state index contributed by atoms with van der Waals surface area (Å²) >= 11 is 0. The number of Topliss-reactive ketones (excluding diaryl/α,β-unsaturated/α-hetero) is 1. The first kappa shape index (κ1) is 15.2. The van der Waals surface area contributed by atoms with Crippen molar-refractivity contribution in [3.8, 4) is 0 Å². The molecule has 4 heteroatoms. The van der Waals surface area contributed by atoms with Gasteiger partial charge in [-0.3, -0.25) is 9.69 Å². The Bertz CT molecular complexity index is 559. The van der Waals surface area contributed by atoms with Crippen molar-refractivity contribution in [3.63, 3.8) is 0 Å². The summed E-state index contributed by atoms with van der Waals surface area (Å²) in [5.41, 5.74) is 0. The summed E-state index contributed by atoms with van der Waals surface area (Å²) in [4.78, 5) is 15.0. The largest absolute Gasteiger partial charge is 0.468 e. The lowest BCUT2D eigenvalue weighted by Crippen LogP contribution is -2.39. The molecule has 1 saturated heterocycles. The van der Waals surface area contributed by atoms with Crippen LogP contribution in [0.2, 0.25) is 0 Å². The van der Waals surface area contributed by atoms with Crippen LogP contribution in [0, 0.1) is 17.8 Å². The number of allylic oxidation sites excluding steroid dienone is 2. The number of nitrogens with zero attached hydrogens (tertiary/aromatic N) is 1. The van der Waals surface area contributed by atoms with Gasteiger partial charge in [0.05, 0.1) is 25.5 Å². The van der Waals surface area contributed by atoms with E-state index in [-0.39, 0.29) is 6.04 Å². The van der Waals surface area contributed by atoms with Gasteiger partial charge in [-0.05, 0) is 42.7 Å². The van der Waals surface area contributed by atoms with Crippen molar-refractivity contribution < 1.29 is 13.9 Å². The van der Waals surface area contributed by atoms with E-state index in [1.54, 1.807) is 6.26 Å². The smallest absolute Gasteiger partial charge is 0.135 e. The van der Waals surface area contributed by atoms with Crippen LogP contribution >= 0.6 is 0 Å². The van der Waals surface area contributed by atoms with Crippen LogP contribution in [-0.4, -0.2) is 37.0 Å². The van der Waals surface area contributed by atoms with Crippen molar-refractivity contribution in [2.45, 2.75) is 31.7 Å². The zero-order valence-electron chi connectivity index (χ0n) is 13.5. The summed E-state index contributed by atoms with van der Waals surface area (Å²) in [5, 5.41) is 0. The lowest BCUT2D eigenvalue weighted by atomic mass is 9.87. The van der Waals surface area contributed by atoms with Gasteiger partial charge in [-0.15, -0.1) is 0 Å². The predicted molar refractivity (Wildman–Crippen MR) is 86.9 cm³/mol. The second kappa shape index (κ2) is 6.62. The van der Waals surface area contributed by atoms with E-state index in [4.69, 9.17) is 9.15 Å². The molecule has 2 heterocycles. The van der Waals surface area contributed by atoms with Gasteiger partial charge in [0.25, 0.3) is 0 Å². The zero-order valence-corrected chi connectivity index (χ0v) is 13.5. The Morgan fingerprint density at radius 3 is 2.78 bits per heavy atom. The van der Waals surface area contributed by atoms with Crippen LogP contribution in [-0.2, 0) is 9.53 Å². The molecule has 1 aliphatic heterocycles. The van der Waals surface area contributed by atoms with Gasteiger partial charge in [0.1, 0.15) is 11.5 Å². The van der Waals surface area contributed by atoms with Crippen molar-refractivity contribution in [2.75, 3.05) is 26.3 Å². The molecular weight excluding hydrogens is 290 g/mol. The molecule has 2 fully saturated rings. The number of rotatable bonds is 6. The first-order valence-electron chi connectivity index (χ1n) is 8.85. The summed E-state index contributed by atoms with van der Waals surface area (Å²) in [6, 6.07) is 3.97. The quantitative estimate of drug-likeness (QED) is 0.756. The average Bonchev–Trinajstić information content (AvgIpc) is 3.31. The van der Waals surface area contributed by atoms with E-state index in [2.05, 4.69) is 17.1 Å². The number of carbonyl (C=O) groups excluding carboxylic acids is 1. The van der Waals surface area contributed by atoms with Gasteiger partial charge < -0.3 is 9.15 Å². The number of fused-ring (bicyclic) bond motifs is 2. The summed E-state index contributed by atoms with van der Waals surface area (Å²) < 4.78 is 11.1. The topological polar surface area (TPSA) is 42.7 Å². The second-order valence-electron chi connectivity index (χ2n) is 7.17. The first-order valence-corrected chi connectivity index (χ1v) is 8.85. The Morgan fingerprint density at radius 2 is 2.13 bits per heavy atom. The number of furan rings is 1. The maximum Gasteiger partial charge on any atom is 0.135 e. The minimum absolute atomic E-state index is 0.0653. The molecule has 0 aromatic carbocycles. The lowest BCUT2D eigenvalue weighted by Gasteiger charge is -2.33. The Balaban J connectivity index is 1.40. The molecule has 3 aliphatic rings. The third-order valence-corrected chi connectivity index (χ3v) is 5.69. The van der Waals surface area contributed by atoms with Gasteiger partial charge in [0.2, 0.25) is 0 Å². The van der Waals surface area contributed by atoms with Gasteiger partial charge in [-0.25, -0.2) is 0 Å². The van der Waals surface area contributed by atoms with E-state index in [0.717, 1.165) is 44.4 Å². The Labute approximate surface area is 137 Å². The molecule has 1 aromatic heterocycles. The van der Waals surface area contributed by atoms with Crippen molar-refractivity contribution in [1.29, 1.82) is 0 Å². The zero-order chi connectivity index (χ0) is 15.6. The van der Waals surface area contributed by atoms with Crippen LogP contribution < -0.4 is 0 Å². The van der Waals surface area contributed by atoms with Gasteiger partial charge in [-0.2, -0.15) is 0 Å². The highest BCUT2D eigenvalue weighted by molar-refractivity contribution is 5.79. The number of carbonyl (C=O) groups is 1. The predicted octanol–water partition coefficient (Wildman–Crippen LogP) is 3.21. The summed E-state index contributed by atoms with van der Waals surface area (Å²) in [6.45, 7) is 3.22. The molecule has 1 aromatic rings. The Kier molecular flexibility index (Phi) is 4.36. The molecule has 4 atom stereocenters. The highest BCUT2D eigenvalue weighted by atomic mass is 16.5. The van der Waals surface area contributed by atoms with Gasteiger partial charge in [-0.1, -0.05) is 12.2 Å². The number of morpholine rings is 1. The average molecular weight is 315 g/mol. The third-order valence-electron chi connectivity index (χ3n) is 5.69. The molecule has 0 radical (unpaired) electrons. The van der Waals surface area contributed by atoms with Crippen LogP contribution in [0.1, 0.15) is 37.5 Å². The standard InChI is InChI=1S/C19H25NO3/c21-17(12-16-11-14-3-4-15(16)10-14)13-18(19-2-1-7-23-19)20-5-8-22-9-6-20/h1-4,7,14-16,18H,5-6,8-13H2. The molecule has 23 heavy (non-hydrogen) atoms. The maximum atomic E-state index is 12.7. The number of ketones is 1. The van der Waals surface area contributed by atoms with E-state index >= 15 is 0 Å². The van der Waals surface area contributed by atoms with Gasteiger partial charge in [0, 0.05) is 25.9 Å². The van der Waals surface area contributed by atoms with E-state index in [0.29, 0.717) is 24.0 Å². The van der Waals surface area contributed by atoms with Crippen LogP contribution in [0.25, 0.3) is 0 Å². The molecule has 1 saturated carbocycles. The Morgan fingerprint density at radius 1 is 1.26 bits per heavy atom. The summed E-state index contributed by atoms with van der Waals surface area (Å²) in [7, 11) is 0. The molecule has 0 N–H and O–H groups in total. The van der Waals surface area contributed by atoms with Crippen LogP contribution in [0.3, 0.4) is 0 Å². The van der Waals surface area contributed by atoms with Crippen molar-refractivity contribution in [1.82, 2.24) is 4.90 Å². The Hall–Kier alpha value is -1.39. The fourth-order valence-corrected chi connectivity index (χ4v) is 4.50. The van der Waals surface area contributed by atoms with Gasteiger partial charge >= 0.3 is 0 Å². The van der Waals surface area contributed by atoms with Crippen molar-refractivity contribution >= 4 is 5.78 Å². The molecule has 0 amide bonds. The van der Waals surface area contributed by atoms with E-state index in [1.807, 2.05) is 12.1 Å². The molecule has 0 spiro atoms. The molecule has 2 bridgehead atoms.